The molecule has 3 N–H and O–H groups in total. The van der Waals surface area contributed by atoms with Crippen LogP contribution < -0.4 is 11.3 Å². The zero-order valence-corrected chi connectivity index (χ0v) is 6.88. The van der Waals surface area contributed by atoms with Crippen molar-refractivity contribution in [2.24, 2.45) is 5.84 Å². The van der Waals surface area contributed by atoms with Crippen LogP contribution in [0.4, 0.5) is 10.1 Å². The number of hydrazine groups is 1. The molecule has 1 aromatic carbocycles. The van der Waals surface area contributed by atoms with E-state index in [0.29, 0.717) is 5.69 Å². The second-order valence-electron chi connectivity index (χ2n) is 1.90. The Morgan fingerprint density at radius 1 is 1.27 bits per heavy atom. The molecule has 0 aliphatic heterocycles. The highest BCUT2D eigenvalue weighted by molar-refractivity contribution is 6.35. The van der Waals surface area contributed by atoms with E-state index in [0.717, 1.165) is 0 Å². The van der Waals surface area contributed by atoms with Gasteiger partial charge in [0, 0.05) is 0 Å². The molecule has 60 valence electrons. The zero-order chi connectivity index (χ0) is 8.43. The molecule has 2 nitrogen and oxygen atoms in total. The fourth-order valence-electron chi connectivity index (χ4n) is 0.639. The lowest BCUT2D eigenvalue weighted by atomic mass is 10.3. The lowest BCUT2D eigenvalue weighted by molar-refractivity contribution is 0.629. The Bertz CT molecular complexity index is 254. The smallest absolute Gasteiger partial charge is 0.160 e. The summed E-state index contributed by atoms with van der Waals surface area (Å²) < 4.78 is 12.7. The van der Waals surface area contributed by atoms with Crippen molar-refractivity contribution in [3.8, 4) is 0 Å². The number of nitrogens with one attached hydrogen (secondary N) is 1. The molecule has 0 radical (unpaired) electrons. The minimum absolute atomic E-state index is 0.0505. The van der Waals surface area contributed by atoms with Crippen molar-refractivity contribution >= 4 is 28.9 Å². The normalized spacial score (nSPS) is 9.82. The van der Waals surface area contributed by atoms with Crippen molar-refractivity contribution in [2.75, 3.05) is 5.43 Å². The van der Waals surface area contributed by atoms with Gasteiger partial charge < -0.3 is 5.43 Å². The summed E-state index contributed by atoms with van der Waals surface area (Å²) in [6, 6.07) is 2.70. The Morgan fingerprint density at radius 2 is 1.73 bits per heavy atom. The topological polar surface area (TPSA) is 38.0 Å². The van der Waals surface area contributed by atoms with Crippen LogP contribution in [-0.4, -0.2) is 0 Å². The predicted octanol–water partition coefficient (Wildman–Crippen LogP) is 2.42. The zero-order valence-electron chi connectivity index (χ0n) is 5.37. The molecule has 1 rings (SSSR count). The average Bonchev–Trinajstić information content (AvgIpc) is 1.99. The summed E-state index contributed by atoms with van der Waals surface area (Å²) in [5.41, 5.74) is 2.77. The Hall–Kier alpha value is -0.510. The first kappa shape index (κ1) is 8.59. The van der Waals surface area contributed by atoms with Crippen molar-refractivity contribution in [2.45, 2.75) is 0 Å². The monoisotopic (exact) mass is 194 g/mol. The van der Waals surface area contributed by atoms with E-state index in [1.807, 2.05) is 0 Å². The minimum atomic E-state index is -0.632. The summed E-state index contributed by atoms with van der Waals surface area (Å²) in [4.78, 5) is 0. The van der Waals surface area contributed by atoms with Gasteiger partial charge >= 0.3 is 0 Å². The predicted molar refractivity (Wildman–Crippen MR) is 44.2 cm³/mol. The molecule has 0 aliphatic carbocycles. The Morgan fingerprint density at radius 3 is 2.09 bits per heavy atom. The number of nitrogen functional groups attached to an aromatic ring is 1. The van der Waals surface area contributed by atoms with Gasteiger partial charge in [-0.15, -0.1) is 0 Å². The number of rotatable bonds is 1. The summed E-state index contributed by atoms with van der Waals surface area (Å²) in [6.45, 7) is 0. The number of nitrogens with two attached hydrogens (primary N) is 1. The highest BCUT2D eigenvalue weighted by atomic mass is 35.5. The lowest BCUT2D eigenvalue weighted by Gasteiger charge is -2.02. The largest absolute Gasteiger partial charge is 0.324 e. The first-order valence-electron chi connectivity index (χ1n) is 2.76. The molecule has 0 aromatic heterocycles. The van der Waals surface area contributed by atoms with Gasteiger partial charge in [-0.3, -0.25) is 5.84 Å². The van der Waals surface area contributed by atoms with Crippen LogP contribution in [0.3, 0.4) is 0 Å². The summed E-state index contributed by atoms with van der Waals surface area (Å²) in [5.74, 6) is 4.42. The third-order valence-corrected chi connectivity index (χ3v) is 1.70. The van der Waals surface area contributed by atoms with Crippen LogP contribution >= 0.6 is 23.2 Å². The van der Waals surface area contributed by atoms with E-state index in [-0.39, 0.29) is 10.0 Å². The fraction of sp³-hybridized carbons (Fsp3) is 0. The Kier molecular flexibility index (Phi) is 2.54. The number of anilines is 1. The molecule has 11 heavy (non-hydrogen) atoms. The summed E-state index contributed by atoms with van der Waals surface area (Å²) in [6.07, 6.45) is 0. The van der Waals surface area contributed by atoms with Crippen LogP contribution in [-0.2, 0) is 0 Å². The summed E-state index contributed by atoms with van der Waals surface area (Å²) in [7, 11) is 0. The van der Waals surface area contributed by atoms with Crippen molar-refractivity contribution in [1.82, 2.24) is 0 Å². The maximum atomic E-state index is 12.7. The van der Waals surface area contributed by atoms with Gasteiger partial charge in [0.15, 0.2) is 5.82 Å². The van der Waals surface area contributed by atoms with Crippen molar-refractivity contribution in [1.29, 1.82) is 0 Å². The average molecular weight is 195 g/mol. The first-order chi connectivity index (χ1) is 5.15. The molecule has 0 heterocycles. The lowest BCUT2D eigenvalue weighted by Crippen LogP contribution is -2.06. The van der Waals surface area contributed by atoms with Crippen LogP contribution in [0.5, 0.6) is 0 Å². The highest BCUT2D eigenvalue weighted by Crippen LogP contribution is 2.26. The molecule has 0 spiro atoms. The van der Waals surface area contributed by atoms with Crippen molar-refractivity contribution in [3.63, 3.8) is 0 Å². The van der Waals surface area contributed by atoms with E-state index in [1.54, 1.807) is 0 Å². The van der Waals surface area contributed by atoms with E-state index >= 15 is 0 Å². The van der Waals surface area contributed by atoms with Crippen LogP contribution in [0.25, 0.3) is 0 Å². The van der Waals surface area contributed by atoms with Gasteiger partial charge in [0.1, 0.15) is 0 Å². The van der Waals surface area contributed by atoms with Crippen molar-refractivity contribution in [3.05, 3.63) is 28.0 Å². The molecule has 1 aromatic rings. The molecule has 0 aliphatic rings. The van der Waals surface area contributed by atoms with E-state index in [9.17, 15) is 4.39 Å². The van der Waals surface area contributed by atoms with Gasteiger partial charge in [-0.2, -0.15) is 0 Å². The molecule has 0 atom stereocenters. The maximum Gasteiger partial charge on any atom is 0.160 e. The molecular formula is C6H5Cl2FN2. The minimum Gasteiger partial charge on any atom is -0.324 e. The Balaban J connectivity index is 3.21. The Labute approximate surface area is 73.1 Å². The van der Waals surface area contributed by atoms with Gasteiger partial charge in [0.2, 0.25) is 0 Å². The number of hydrogen-bond donors (Lipinski definition) is 2. The third kappa shape index (κ3) is 1.74. The van der Waals surface area contributed by atoms with Gasteiger partial charge in [-0.05, 0) is 12.1 Å². The molecule has 0 amide bonds. The van der Waals surface area contributed by atoms with E-state index in [4.69, 9.17) is 29.0 Å². The highest BCUT2D eigenvalue weighted by Gasteiger charge is 2.05. The SMILES string of the molecule is NNc1cc(Cl)c(F)c(Cl)c1. The maximum absolute atomic E-state index is 12.7. The molecule has 0 saturated heterocycles. The van der Waals surface area contributed by atoms with Gasteiger partial charge in [0.25, 0.3) is 0 Å². The van der Waals surface area contributed by atoms with Crippen LogP contribution in [0.15, 0.2) is 12.1 Å². The first-order valence-corrected chi connectivity index (χ1v) is 3.52. The van der Waals surface area contributed by atoms with Crippen LogP contribution in [0, 0.1) is 5.82 Å². The van der Waals surface area contributed by atoms with Crippen LogP contribution in [0.2, 0.25) is 10.0 Å². The van der Waals surface area contributed by atoms with E-state index in [2.05, 4.69) is 5.43 Å². The second-order valence-corrected chi connectivity index (χ2v) is 2.71. The number of hydrogen-bond acceptors (Lipinski definition) is 2. The summed E-state index contributed by atoms with van der Waals surface area (Å²) >= 11 is 10.9. The van der Waals surface area contributed by atoms with Crippen molar-refractivity contribution < 1.29 is 4.39 Å². The molecule has 0 saturated carbocycles. The number of benzene rings is 1. The quantitative estimate of drug-likeness (QED) is 0.410. The van der Waals surface area contributed by atoms with E-state index in [1.165, 1.54) is 12.1 Å². The summed E-state index contributed by atoms with van der Waals surface area (Å²) in [5, 5.41) is -0.101. The van der Waals surface area contributed by atoms with E-state index < -0.39 is 5.82 Å². The van der Waals surface area contributed by atoms with Gasteiger partial charge in [-0.25, -0.2) is 4.39 Å². The molecule has 5 heteroatoms. The third-order valence-electron chi connectivity index (χ3n) is 1.15. The standard InChI is InChI=1S/C6H5Cl2FN2/c7-4-1-3(11-10)2-5(8)6(4)9/h1-2,11H,10H2. The molecular weight excluding hydrogens is 190 g/mol. The molecule has 0 unspecified atom stereocenters. The molecule has 0 fully saturated rings. The second kappa shape index (κ2) is 3.26. The number of halogens is 3. The fourth-order valence-corrected chi connectivity index (χ4v) is 1.13. The van der Waals surface area contributed by atoms with Gasteiger partial charge in [-0.1, -0.05) is 23.2 Å². The van der Waals surface area contributed by atoms with Crippen LogP contribution in [0.1, 0.15) is 0 Å². The van der Waals surface area contributed by atoms with Gasteiger partial charge in [0.05, 0.1) is 15.7 Å². The molecule has 0 bridgehead atoms.